The Labute approximate surface area is 129 Å². The van der Waals surface area contributed by atoms with E-state index in [4.69, 9.17) is 23.2 Å². The molecule has 0 amide bonds. The van der Waals surface area contributed by atoms with E-state index in [0.717, 1.165) is 25.2 Å². The Kier molecular flexibility index (Phi) is 4.23. The molecule has 2 aliphatic heterocycles. The standard InChI is InChI=1S/C15H19Cl2FN2/c1-9(11-5-14(18)13(17)6-12(11)16)20-7-10-3-2-4-19-15(10)8-20/h5-6,9-10,15,19H,2-4,7-8H2,1H3/t9?,10-,15+/m0/s1. The highest BCUT2D eigenvalue weighted by atomic mass is 35.5. The van der Waals surface area contributed by atoms with Crippen molar-refractivity contribution in [3.8, 4) is 0 Å². The SMILES string of the molecule is CC(c1cc(F)c(Cl)cc1Cl)N1C[C@@H]2CCCN[C@@H]2C1. The quantitative estimate of drug-likeness (QED) is 0.833. The number of fused-ring (bicyclic) bond motifs is 1. The smallest absolute Gasteiger partial charge is 0.142 e. The first-order valence-electron chi connectivity index (χ1n) is 7.18. The summed E-state index contributed by atoms with van der Waals surface area (Å²) in [6, 6.07) is 3.67. The van der Waals surface area contributed by atoms with Gasteiger partial charge in [-0.3, -0.25) is 4.90 Å². The van der Waals surface area contributed by atoms with Gasteiger partial charge in [0.05, 0.1) is 5.02 Å². The minimum Gasteiger partial charge on any atom is -0.312 e. The van der Waals surface area contributed by atoms with E-state index in [0.29, 0.717) is 17.0 Å². The van der Waals surface area contributed by atoms with Gasteiger partial charge in [0.1, 0.15) is 5.82 Å². The van der Waals surface area contributed by atoms with E-state index in [1.165, 1.54) is 25.0 Å². The lowest BCUT2D eigenvalue weighted by Crippen LogP contribution is -2.40. The molecule has 2 aliphatic rings. The Balaban J connectivity index is 1.79. The lowest BCUT2D eigenvalue weighted by molar-refractivity contribution is 0.250. The van der Waals surface area contributed by atoms with E-state index in [-0.39, 0.29) is 11.1 Å². The molecule has 2 nitrogen and oxygen atoms in total. The second-order valence-corrected chi connectivity index (χ2v) is 6.70. The van der Waals surface area contributed by atoms with Crippen LogP contribution in [0, 0.1) is 11.7 Å². The molecule has 5 heteroatoms. The van der Waals surface area contributed by atoms with E-state index in [1.807, 2.05) is 0 Å². The molecule has 1 unspecified atom stereocenters. The summed E-state index contributed by atoms with van der Waals surface area (Å²) in [5, 5.41) is 4.22. The van der Waals surface area contributed by atoms with E-state index in [1.54, 1.807) is 0 Å². The monoisotopic (exact) mass is 316 g/mol. The summed E-state index contributed by atoms with van der Waals surface area (Å²) in [6.07, 6.45) is 2.53. The van der Waals surface area contributed by atoms with Crippen molar-refractivity contribution in [2.75, 3.05) is 19.6 Å². The molecule has 1 aromatic carbocycles. The lowest BCUT2D eigenvalue weighted by atomic mass is 9.94. The van der Waals surface area contributed by atoms with Gasteiger partial charge < -0.3 is 5.32 Å². The molecule has 2 saturated heterocycles. The van der Waals surface area contributed by atoms with Crippen molar-refractivity contribution in [3.63, 3.8) is 0 Å². The molecule has 0 spiro atoms. The predicted octanol–water partition coefficient (Wildman–Crippen LogP) is 3.88. The van der Waals surface area contributed by atoms with Crippen LogP contribution in [0.4, 0.5) is 4.39 Å². The Morgan fingerprint density at radius 3 is 2.85 bits per heavy atom. The fraction of sp³-hybridized carbons (Fsp3) is 0.600. The van der Waals surface area contributed by atoms with E-state index < -0.39 is 5.82 Å². The zero-order valence-corrected chi connectivity index (χ0v) is 13.0. The average Bonchev–Trinajstić information content (AvgIpc) is 2.86. The topological polar surface area (TPSA) is 15.3 Å². The van der Waals surface area contributed by atoms with Gasteiger partial charge in [-0.05, 0) is 49.9 Å². The minimum absolute atomic E-state index is 0.0858. The van der Waals surface area contributed by atoms with Gasteiger partial charge in [0.25, 0.3) is 0 Å². The highest BCUT2D eigenvalue weighted by Gasteiger charge is 2.36. The first-order valence-corrected chi connectivity index (χ1v) is 7.93. The lowest BCUT2D eigenvalue weighted by Gasteiger charge is -2.25. The maximum atomic E-state index is 13.7. The van der Waals surface area contributed by atoms with Crippen LogP contribution >= 0.6 is 23.2 Å². The fourth-order valence-corrected chi connectivity index (χ4v) is 3.99. The third-order valence-electron chi connectivity index (χ3n) is 4.66. The third-order valence-corrected chi connectivity index (χ3v) is 5.28. The fourth-order valence-electron chi connectivity index (χ4n) is 3.45. The molecule has 0 aliphatic carbocycles. The second kappa shape index (κ2) is 5.80. The Morgan fingerprint density at radius 1 is 1.30 bits per heavy atom. The molecule has 1 aromatic rings. The molecule has 110 valence electrons. The van der Waals surface area contributed by atoms with Crippen LogP contribution in [-0.4, -0.2) is 30.6 Å². The van der Waals surface area contributed by atoms with Gasteiger partial charge in [-0.1, -0.05) is 23.2 Å². The molecule has 0 bridgehead atoms. The number of benzene rings is 1. The molecule has 1 N–H and O–H groups in total. The first kappa shape index (κ1) is 14.6. The van der Waals surface area contributed by atoms with E-state index >= 15 is 0 Å². The van der Waals surface area contributed by atoms with Gasteiger partial charge in [-0.2, -0.15) is 0 Å². The molecule has 3 atom stereocenters. The van der Waals surface area contributed by atoms with Crippen molar-refractivity contribution >= 4 is 23.2 Å². The maximum Gasteiger partial charge on any atom is 0.142 e. The van der Waals surface area contributed by atoms with Gasteiger partial charge >= 0.3 is 0 Å². The Morgan fingerprint density at radius 2 is 2.10 bits per heavy atom. The molecule has 0 saturated carbocycles. The van der Waals surface area contributed by atoms with Crippen LogP contribution in [0.25, 0.3) is 0 Å². The van der Waals surface area contributed by atoms with Crippen molar-refractivity contribution in [1.82, 2.24) is 10.2 Å². The van der Waals surface area contributed by atoms with Crippen LogP contribution in [0.15, 0.2) is 12.1 Å². The van der Waals surface area contributed by atoms with Crippen LogP contribution in [0.2, 0.25) is 10.0 Å². The van der Waals surface area contributed by atoms with Gasteiger partial charge in [0.2, 0.25) is 0 Å². The van der Waals surface area contributed by atoms with Crippen molar-refractivity contribution in [2.24, 2.45) is 5.92 Å². The van der Waals surface area contributed by atoms with Crippen molar-refractivity contribution in [1.29, 1.82) is 0 Å². The zero-order chi connectivity index (χ0) is 14.3. The number of halogens is 3. The summed E-state index contributed by atoms with van der Waals surface area (Å²) < 4.78 is 13.7. The van der Waals surface area contributed by atoms with Crippen LogP contribution in [-0.2, 0) is 0 Å². The van der Waals surface area contributed by atoms with Crippen molar-refractivity contribution in [2.45, 2.75) is 31.8 Å². The number of hydrogen-bond donors (Lipinski definition) is 1. The zero-order valence-electron chi connectivity index (χ0n) is 11.5. The number of hydrogen-bond acceptors (Lipinski definition) is 2. The van der Waals surface area contributed by atoms with Gasteiger partial charge in [-0.25, -0.2) is 4.39 Å². The summed E-state index contributed by atoms with van der Waals surface area (Å²) in [6.45, 7) is 5.26. The summed E-state index contributed by atoms with van der Waals surface area (Å²) in [5.41, 5.74) is 0.826. The summed E-state index contributed by atoms with van der Waals surface area (Å²) in [7, 11) is 0. The molecular formula is C15H19Cl2FN2. The summed E-state index contributed by atoms with van der Waals surface area (Å²) in [4.78, 5) is 2.39. The molecule has 2 fully saturated rings. The van der Waals surface area contributed by atoms with Crippen LogP contribution in [0.3, 0.4) is 0 Å². The number of nitrogens with zero attached hydrogens (tertiary/aromatic N) is 1. The number of rotatable bonds is 2. The number of likely N-dealkylation sites (tertiary alicyclic amines) is 1. The Bertz CT molecular complexity index is 495. The van der Waals surface area contributed by atoms with Gasteiger partial charge in [0.15, 0.2) is 0 Å². The molecule has 3 rings (SSSR count). The molecule has 0 aromatic heterocycles. The molecular weight excluding hydrogens is 298 g/mol. The van der Waals surface area contributed by atoms with E-state index in [9.17, 15) is 4.39 Å². The van der Waals surface area contributed by atoms with Crippen molar-refractivity contribution < 1.29 is 4.39 Å². The summed E-state index contributed by atoms with van der Waals surface area (Å²) >= 11 is 12.0. The van der Waals surface area contributed by atoms with Gasteiger partial charge in [-0.15, -0.1) is 0 Å². The number of piperidine rings is 1. The van der Waals surface area contributed by atoms with Crippen molar-refractivity contribution in [3.05, 3.63) is 33.6 Å². The molecule has 0 radical (unpaired) electrons. The summed E-state index contributed by atoms with van der Waals surface area (Å²) in [5.74, 6) is 0.315. The normalized spacial score (nSPS) is 28.4. The van der Waals surface area contributed by atoms with Crippen LogP contribution < -0.4 is 5.32 Å². The maximum absolute atomic E-state index is 13.7. The average molecular weight is 317 g/mol. The van der Waals surface area contributed by atoms with Crippen LogP contribution in [0.5, 0.6) is 0 Å². The third kappa shape index (κ3) is 2.69. The van der Waals surface area contributed by atoms with Crippen LogP contribution in [0.1, 0.15) is 31.4 Å². The predicted molar refractivity (Wildman–Crippen MR) is 80.9 cm³/mol. The first-order chi connectivity index (χ1) is 9.56. The Hall–Kier alpha value is -0.350. The highest BCUT2D eigenvalue weighted by Crippen LogP contribution is 2.35. The molecule has 2 heterocycles. The second-order valence-electron chi connectivity index (χ2n) is 5.88. The van der Waals surface area contributed by atoms with Gasteiger partial charge in [0, 0.05) is 30.2 Å². The largest absolute Gasteiger partial charge is 0.312 e. The minimum atomic E-state index is -0.396. The highest BCUT2D eigenvalue weighted by molar-refractivity contribution is 6.35. The number of nitrogens with one attached hydrogen (secondary N) is 1. The van der Waals surface area contributed by atoms with E-state index in [2.05, 4.69) is 17.1 Å². The molecule has 20 heavy (non-hydrogen) atoms.